The van der Waals surface area contributed by atoms with E-state index in [2.05, 4.69) is 47.0 Å². The molecule has 1 N–H and O–H groups in total. The highest BCUT2D eigenvalue weighted by molar-refractivity contribution is 7.98. The van der Waals surface area contributed by atoms with E-state index in [-0.39, 0.29) is 0 Å². The van der Waals surface area contributed by atoms with E-state index in [1.54, 1.807) is 11.8 Å². The summed E-state index contributed by atoms with van der Waals surface area (Å²) in [5.41, 5.74) is 3.40. The summed E-state index contributed by atoms with van der Waals surface area (Å²) in [6, 6.07) is 10.5. The maximum absolute atomic E-state index is 4.33. The van der Waals surface area contributed by atoms with E-state index in [1.807, 2.05) is 18.7 Å². The summed E-state index contributed by atoms with van der Waals surface area (Å²) in [5, 5.41) is 7.75. The largest absolute Gasteiger partial charge is 0.379 e. The third kappa shape index (κ3) is 3.03. The Morgan fingerprint density at radius 3 is 2.82 bits per heavy atom. The van der Waals surface area contributed by atoms with Gasteiger partial charge in [-0.15, -0.1) is 11.8 Å². The van der Waals surface area contributed by atoms with Crippen molar-refractivity contribution in [2.75, 3.05) is 11.6 Å². The predicted octanol–water partition coefficient (Wildman–Crippen LogP) is 3.06. The fourth-order valence-corrected chi connectivity index (χ4v) is 2.21. The number of rotatable bonds is 4. The van der Waals surface area contributed by atoms with Crippen molar-refractivity contribution in [3.8, 4) is 0 Å². The van der Waals surface area contributed by atoms with Gasteiger partial charge in [-0.3, -0.25) is 4.68 Å². The number of aryl methyl sites for hydroxylation is 2. The molecule has 3 nitrogen and oxygen atoms in total. The van der Waals surface area contributed by atoms with Crippen LogP contribution < -0.4 is 5.32 Å². The Labute approximate surface area is 106 Å². The third-order valence-corrected chi connectivity index (χ3v) is 3.37. The summed E-state index contributed by atoms with van der Waals surface area (Å²) >= 11 is 1.75. The molecule has 2 aromatic rings. The molecule has 0 fully saturated rings. The van der Waals surface area contributed by atoms with Gasteiger partial charge in [-0.05, 0) is 37.4 Å². The third-order valence-electron chi connectivity index (χ3n) is 2.64. The Hall–Kier alpha value is -1.42. The fourth-order valence-electron chi connectivity index (χ4n) is 1.76. The van der Waals surface area contributed by atoms with Crippen LogP contribution in [-0.2, 0) is 13.6 Å². The predicted molar refractivity (Wildman–Crippen MR) is 73.5 cm³/mol. The average molecular weight is 247 g/mol. The molecular weight excluding hydrogens is 230 g/mol. The number of hydrogen-bond acceptors (Lipinski definition) is 3. The monoisotopic (exact) mass is 247 g/mol. The van der Waals surface area contributed by atoms with Crippen LogP contribution in [-0.4, -0.2) is 16.0 Å². The van der Waals surface area contributed by atoms with E-state index in [0.29, 0.717) is 0 Å². The Balaban J connectivity index is 2.04. The minimum Gasteiger partial charge on any atom is -0.379 e. The summed E-state index contributed by atoms with van der Waals surface area (Å²) < 4.78 is 1.92. The molecule has 0 aliphatic heterocycles. The van der Waals surface area contributed by atoms with Gasteiger partial charge in [-0.2, -0.15) is 5.10 Å². The van der Waals surface area contributed by atoms with Crippen molar-refractivity contribution < 1.29 is 0 Å². The Bertz CT molecular complexity index is 505. The molecule has 0 amide bonds. The van der Waals surface area contributed by atoms with Gasteiger partial charge in [0.2, 0.25) is 0 Å². The molecule has 0 unspecified atom stereocenters. The highest BCUT2D eigenvalue weighted by atomic mass is 32.2. The lowest BCUT2D eigenvalue weighted by Gasteiger charge is -2.07. The minimum absolute atomic E-state index is 0.801. The van der Waals surface area contributed by atoms with Crippen LogP contribution in [0.15, 0.2) is 35.2 Å². The van der Waals surface area contributed by atoms with Gasteiger partial charge in [0.25, 0.3) is 0 Å². The maximum Gasteiger partial charge on any atom is 0.0597 e. The van der Waals surface area contributed by atoms with Crippen molar-refractivity contribution in [3.05, 3.63) is 41.7 Å². The number of benzene rings is 1. The van der Waals surface area contributed by atoms with Gasteiger partial charge in [-0.1, -0.05) is 6.07 Å². The van der Waals surface area contributed by atoms with E-state index in [9.17, 15) is 0 Å². The van der Waals surface area contributed by atoms with Crippen LogP contribution in [0.4, 0.5) is 5.69 Å². The molecule has 0 spiro atoms. The quantitative estimate of drug-likeness (QED) is 0.842. The highest BCUT2D eigenvalue weighted by Gasteiger charge is 2.01. The Kier molecular flexibility index (Phi) is 3.74. The standard InChI is InChI=1S/C13H17N3S/c1-10-7-12(16(2)15-10)9-14-11-5-4-6-13(8-11)17-3/h4-8,14H,9H2,1-3H3. The zero-order valence-corrected chi connectivity index (χ0v) is 11.2. The smallest absolute Gasteiger partial charge is 0.0597 e. The topological polar surface area (TPSA) is 29.9 Å². The van der Waals surface area contributed by atoms with Gasteiger partial charge < -0.3 is 5.32 Å². The second kappa shape index (κ2) is 5.27. The van der Waals surface area contributed by atoms with E-state index < -0.39 is 0 Å². The first-order valence-electron chi connectivity index (χ1n) is 5.56. The van der Waals surface area contributed by atoms with Crippen molar-refractivity contribution in [2.45, 2.75) is 18.4 Å². The molecule has 0 bridgehead atoms. The van der Waals surface area contributed by atoms with Crippen molar-refractivity contribution in [2.24, 2.45) is 7.05 Å². The average Bonchev–Trinajstić information content (AvgIpc) is 2.65. The molecule has 1 aromatic heterocycles. The molecule has 1 aromatic carbocycles. The van der Waals surface area contributed by atoms with Gasteiger partial charge in [0.1, 0.15) is 0 Å². The number of thioether (sulfide) groups is 1. The SMILES string of the molecule is CSc1cccc(NCc2cc(C)nn2C)c1. The summed E-state index contributed by atoms with van der Waals surface area (Å²) in [4.78, 5) is 1.27. The number of nitrogens with one attached hydrogen (secondary N) is 1. The molecule has 0 radical (unpaired) electrons. The van der Waals surface area contributed by atoms with Gasteiger partial charge >= 0.3 is 0 Å². The first kappa shape index (κ1) is 12.0. The lowest BCUT2D eigenvalue weighted by atomic mass is 10.3. The summed E-state index contributed by atoms with van der Waals surface area (Å²) in [7, 11) is 1.97. The second-order valence-electron chi connectivity index (χ2n) is 3.99. The lowest BCUT2D eigenvalue weighted by molar-refractivity contribution is 0.713. The molecule has 0 saturated carbocycles. The van der Waals surface area contributed by atoms with Crippen molar-refractivity contribution >= 4 is 17.4 Å². The molecule has 0 aliphatic carbocycles. The number of aromatic nitrogens is 2. The van der Waals surface area contributed by atoms with Crippen molar-refractivity contribution in [3.63, 3.8) is 0 Å². The second-order valence-corrected chi connectivity index (χ2v) is 4.87. The molecule has 2 rings (SSSR count). The van der Waals surface area contributed by atoms with Crippen molar-refractivity contribution in [1.82, 2.24) is 9.78 Å². The zero-order valence-electron chi connectivity index (χ0n) is 10.4. The number of hydrogen-bond donors (Lipinski definition) is 1. The summed E-state index contributed by atoms with van der Waals surface area (Å²) in [6.07, 6.45) is 2.09. The fraction of sp³-hybridized carbons (Fsp3) is 0.308. The molecular formula is C13H17N3S. The van der Waals surface area contributed by atoms with Crippen LogP contribution in [0.1, 0.15) is 11.4 Å². The van der Waals surface area contributed by atoms with E-state index in [0.717, 1.165) is 17.9 Å². The van der Waals surface area contributed by atoms with Gasteiger partial charge in [-0.25, -0.2) is 0 Å². The molecule has 0 aliphatic rings. The Morgan fingerprint density at radius 2 is 2.18 bits per heavy atom. The summed E-state index contributed by atoms with van der Waals surface area (Å²) in [6.45, 7) is 2.81. The molecule has 90 valence electrons. The number of nitrogens with zero attached hydrogens (tertiary/aromatic N) is 2. The molecule has 0 saturated heterocycles. The van der Waals surface area contributed by atoms with E-state index in [4.69, 9.17) is 0 Å². The summed E-state index contributed by atoms with van der Waals surface area (Å²) in [5.74, 6) is 0. The molecule has 4 heteroatoms. The molecule has 17 heavy (non-hydrogen) atoms. The van der Waals surface area contributed by atoms with Crippen LogP contribution in [0.25, 0.3) is 0 Å². The van der Waals surface area contributed by atoms with Crippen molar-refractivity contribution in [1.29, 1.82) is 0 Å². The van der Waals surface area contributed by atoms with E-state index >= 15 is 0 Å². The van der Waals surface area contributed by atoms with Crippen LogP contribution in [0.5, 0.6) is 0 Å². The molecule has 0 atom stereocenters. The first-order chi connectivity index (χ1) is 8.19. The van der Waals surface area contributed by atoms with Crippen LogP contribution in [0, 0.1) is 6.92 Å². The van der Waals surface area contributed by atoms with Crippen LogP contribution >= 0.6 is 11.8 Å². The molecule has 1 heterocycles. The van der Waals surface area contributed by atoms with Gasteiger partial charge in [0.15, 0.2) is 0 Å². The lowest BCUT2D eigenvalue weighted by Crippen LogP contribution is -2.05. The first-order valence-corrected chi connectivity index (χ1v) is 6.79. The zero-order chi connectivity index (χ0) is 12.3. The highest BCUT2D eigenvalue weighted by Crippen LogP contribution is 2.19. The minimum atomic E-state index is 0.801. The van der Waals surface area contributed by atoms with Crippen LogP contribution in [0.3, 0.4) is 0 Å². The van der Waals surface area contributed by atoms with E-state index in [1.165, 1.54) is 10.6 Å². The maximum atomic E-state index is 4.33. The number of anilines is 1. The van der Waals surface area contributed by atoms with Gasteiger partial charge in [0, 0.05) is 17.6 Å². The Morgan fingerprint density at radius 1 is 1.35 bits per heavy atom. The van der Waals surface area contributed by atoms with Gasteiger partial charge in [0.05, 0.1) is 17.9 Å². The normalized spacial score (nSPS) is 10.5. The van der Waals surface area contributed by atoms with Crippen LogP contribution in [0.2, 0.25) is 0 Å².